The molecular formula is C14H17F. The highest BCUT2D eigenvalue weighted by Gasteiger charge is 1.96. The summed E-state index contributed by atoms with van der Waals surface area (Å²) in [6.45, 7) is 2.17. The maximum absolute atomic E-state index is 13.2. The fourth-order valence-electron chi connectivity index (χ4n) is 1.35. The molecule has 0 aromatic heterocycles. The Bertz CT molecular complexity index is 344. The van der Waals surface area contributed by atoms with E-state index in [0.29, 0.717) is 12.0 Å². The summed E-state index contributed by atoms with van der Waals surface area (Å²) in [5.74, 6) is 5.94. The van der Waals surface area contributed by atoms with Gasteiger partial charge in [-0.05, 0) is 18.1 Å². The van der Waals surface area contributed by atoms with Crippen LogP contribution in [-0.2, 0) is 6.42 Å². The minimum Gasteiger partial charge on any atom is -0.207 e. The highest BCUT2D eigenvalue weighted by Crippen LogP contribution is 2.06. The third kappa shape index (κ3) is 4.65. The number of hydrogen-bond donors (Lipinski definition) is 0. The molecule has 0 saturated heterocycles. The van der Waals surface area contributed by atoms with E-state index in [1.807, 2.05) is 6.07 Å². The van der Waals surface area contributed by atoms with Crippen LogP contribution in [0.5, 0.6) is 0 Å². The van der Waals surface area contributed by atoms with E-state index in [1.54, 1.807) is 12.1 Å². The minimum atomic E-state index is -0.152. The van der Waals surface area contributed by atoms with Crippen LogP contribution in [0.3, 0.4) is 0 Å². The first kappa shape index (κ1) is 11.8. The number of rotatable bonds is 4. The summed E-state index contributed by atoms with van der Waals surface area (Å²) in [7, 11) is 0. The normalized spacial score (nSPS) is 9.47. The lowest BCUT2D eigenvalue weighted by Crippen LogP contribution is -1.86. The van der Waals surface area contributed by atoms with Crippen LogP contribution in [0.4, 0.5) is 4.39 Å². The van der Waals surface area contributed by atoms with Gasteiger partial charge in [-0.15, -0.1) is 5.92 Å². The summed E-state index contributed by atoms with van der Waals surface area (Å²) >= 11 is 0. The largest absolute Gasteiger partial charge is 0.207 e. The topological polar surface area (TPSA) is 0 Å². The Morgan fingerprint density at radius 3 is 2.67 bits per heavy atom. The first-order valence-electron chi connectivity index (χ1n) is 5.53. The fourth-order valence-corrected chi connectivity index (χ4v) is 1.35. The number of benzene rings is 1. The Morgan fingerprint density at radius 2 is 1.93 bits per heavy atom. The van der Waals surface area contributed by atoms with Crippen molar-refractivity contribution in [3.63, 3.8) is 0 Å². The third-order valence-electron chi connectivity index (χ3n) is 2.27. The van der Waals surface area contributed by atoms with E-state index in [-0.39, 0.29) is 5.82 Å². The van der Waals surface area contributed by atoms with Crippen molar-refractivity contribution >= 4 is 0 Å². The molecule has 0 bridgehead atoms. The van der Waals surface area contributed by atoms with E-state index in [4.69, 9.17) is 0 Å². The summed E-state index contributed by atoms with van der Waals surface area (Å²) in [6, 6.07) is 6.81. The predicted octanol–water partition coefficient (Wildman–Crippen LogP) is 3.95. The van der Waals surface area contributed by atoms with E-state index in [0.717, 1.165) is 12.8 Å². The van der Waals surface area contributed by atoms with Gasteiger partial charge in [0.05, 0.1) is 0 Å². The van der Waals surface area contributed by atoms with E-state index in [9.17, 15) is 4.39 Å². The quantitative estimate of drug-likeness (QED) is 0.514. The minimum absolute atomic E-state index is 0.152. The Balaban J connectivity index is 2.33. The predicted molar refractivity (Wildman–Crippen MR) is 62.0 cm³/mol. The number of halogens is 1. The van der Waals surface area contributed by atoms with E-state index < -0.39 is 0 Å². The van der Waals surface area contributed by atoms with Crippen molar-refractivity contribution in [3.8, 4) is 11.8 Å². The van der Waals surface area contributed by atoms with Gasteiger partial charge in [0.1, 0.15) is 5.82 Å². The Morgan fingerprint density at radius 1 is 1.13 bits per heavy atom. The van der Waals surface area contributed by atoms with E-state index >= 15 is 0 Å². The lowest BCUT2D eigenvalue weighted by Gasteiger charge is -1.95. The van der Waals surface area contributed by atoms with Crippen molar-refractivity contribution in [2.45, 2.75) is 39.0 Å². The van der Waals surface area contributed by atoms with Gasteiger partial charge in [-0.25, -0.2) is 4.39 Å². The zero-order valence-electron chi connectivity index (χ0n) is 9.22. The first-order chi connectivity index (χ1) is 7.34. The maximum atomic E-state index is 13.2. The summed E-state index contributed by atoms with van der Waals surface area (Å²) in [6.07, 6.45) is 5.06. The molecule has 0 N–H and O–H groups in total. The molecule has 0 atom stereocenters. The van der Waals surface area contributed by atoms with Gasteiger partial charge in [0.25, 0.3) is 0 Å². The summed E-state index contributed by atoms with van der Waals surface area (Å²) in [4.78, 5) is 0. The van der Waals surface area contributed by atoms with Gasteiger partial charge in [-0.2, -0.15) is 0 Å². The van der Waals surface area contributed by atoms with Crippen molar-refractivity contribution in [2.24, 2.45) is 0 Å². The van der Waals surface area contributed by atoms with Crippen LogP contribution in [0, 0.1) is 17.7 Å². The van der Waals surface area contributed by atoms with Gasteiger partial charge in [-0.1, -0.05) is 43.9 Å². The molecule has 0 aliphatic carbocycles. The molecule has 15 heavy (non-hydrogen) atoms. The van der Waals surface area contributed by atoms with Crippen molar-refractivity contribution in [1.29, 1.82) is 0 Å². The Kier molecular flexibility index (Phi) is 5.55. The molecule has 0 heterocycles. The molecule has 0 unspecified atom stereocenters. The van der Waals surface area contributed by atoms with Crippen molar-refractivity contribution in [2.75, 3.05) is 0 Å². The smallest absolute Gasteiger partial charge is 0.127 e. The number of unbranched alkanes of at least 4 members (excludes halogenated alkanes) is 3. The molecule has 1 heteroatoms. The third-order valence-corrected chi connectivity index (χ3v) is 2.27. The second-order valence-corrected chi connectivity index (χ2v) is 3.58. The van der Waals surface area contributed by atoms with Crippen molar-refractivity contribution in [3.05, 3.63) is 35.6 Å². The Labute approximate surface area is 91.5 Å². The van der Waals surface area contributed by atoms with Gasteiger partial charge in [-0.3, -0.25) is 0 Å². The molecule has 0 spiro atoms. The molecule has 0 saturated carbocycles. The molecule has 0 nitrogen and oxygen atoms in total. The lowest BCUT2D eigenvalue weighted by atomic mass is 10.1. The average Bonchev–Trinajstić information content (AvgIpc) is 2.25. The molecule has 0 fully saturated rings. The van der Waals surface area contributed by atoms with Crippen LogP contribution < -0.4 is 0 Å². The van der Waals surface area contributed by atoms with Crippen LogP contribution >= 0.6 is 0 Å². The molecule has 0 aliphatic rings. The second kappa shape index (κ2) is 7.06. The molecule has 1 aromatic rings. The molecule has 1 rings (SSSR count). The molecule has 1 aromatic carbocycles. The molecule has 0 radical (unpaired) electrons. The van der Waals surface area contributed by atoms with Crippen LogP contribution in [0.15, 0.2) is 24.3 Å². The van der Waals surface area contributed by atoms with Gasteiger partial charge < -0.3 is 0 Å². The van der Waals surface area contributed by atoms with Gasteiger partial charge in [0.2, 0.25) is 0 Å². The Hall–Kier alpha value is -1.29. The lowest BCUT2D eigenvalue weighted by molar-refractivity contribution is 0.615. The van der Waals surface area contributed by atoms with Crippen molar-refractivity contribution < 1.29 is 4.39 Å². The monoisotopic (exact) mass is 204 g/mol. The van der Waals surface area contributed by atoms with Crippen molar-refractivity contribution in [1.82, 2.24) is 0 Å². The molecular weight excluding hydrogens is 187 g/mol. The van der Waals surface area contributed by atoms with E-state index in [2.05, 4.69) is 18.8 Å². The van der Waals surface area contributed by atoms with E-state index in [1.165, 1.54) is 18.9 Å². The highest BCUT2D eigenvalue weighted by atomic mass is 19.1. The first-order valence-corrected chi connectivity index (χ1v) is 5.53. The maximum Gasteiger partial charge on any atom is 0.127 e. The number of hydrogen-bond acceptors (Lipinski definition) is 0. The summed E-state index contributed by atoms with van der Waals surface area (Å²) in [5.41, 5.74) is 0.695. The summed E-state index contributed by atoms with van der Waals surface area (Å²) in [5, 5.41) is 0. The van der Waals surface area contributed by atoms with Gasteiger partial charge >= 0.3 is 0 Å². The highest BCUT2D eigenvalue weighted by molar-refractivity contribution is 5.22. The van der Waals surface area contributed by atoms with Crippen LogP contribution in [0.1, 0.15) is 38.2 Å². The van der Waals surface area contributed by atoms with Gasteiger partial charge in [0, 0.05) is 12.8 Å². The molecule has 0 aliphatic heterocycles. The second-order valence-electron chi connectivity index (χ2n) is 3.58. The van der Waals surface area contributed by atoms with Crippen LogP contribution in [-0.4, -0.2) is 0 Å². The molecule has 80 valence electrons. The standard InChI is InChI=1S/C14H17F/c1-2-3-4-5-6-7-10-13-11-8-9-12-14(13)15/h8-9,11-12H,2-5,10H2,1H3. The average molecular weight is 204 g/mol. The van der Waals surface area contributed by atoms with Gasteiger partial charge in [0.15, 0.2) is 0 Å². The van der Waals surface area contributed by atoms with Crippen LogP contribution in [0.25, 0.3) is 0 Å². The van der Waals surface area contributed by atoms with Crippen LogP contribution in [0.2, 0.25) is 0 Å². The zero-order valence-corrected chi connectivity index (χ0v) is 9.22. The summed E-state index contributed by atoms with van der Waals surface area (Å²) < 4.78 is 13.2. The fraction of sp³-hybridized carbons (Fsp3) is 0.429. The zero-order chi connectivity index (χ0) is 10.9. The molecule has 0 amide bonds. The SMILES string of the molecule is CCCCCC#CCc1ccccc1F.